The van der Waals surface area contributed by atoms with Gasteiger partial charge in [0, 0.05) is 6.20 Å². The summed E-state index contributed by atoms with van der Waals surface area (Å²) in [5.41, 5.74) is 5.10. The number of hydrogen-bond donors (Lipinski definition) is 3. The highest BCUT2D eigenvalue weighted by Gasteiger charge is 2.23. The Hall–Kier alpha value is -1.54. The van der Waals surface area contributed by atoms with Crippen LogP contribution in [-0.2, 0) is 10.0 Å². The van der Waals surface area contributed by atoms with Gasteiger partial charge < -0.3 is 5.73 Å². The first-order chi connectivity index (χ1) is 7.34. The fourth-order valence-corrected chi connectivity index (χ4v) is 2.15. The van der Waals surface area contributed by atoms with Gasteiger partial charge in [-0.25, -0.2) is 17.8 Å². The molecule has 0 amide bonds. The number of amidine groups is 1. The second kappa shape index (κ2) is 4.54. The maximum Gasteiger partial charge on any atom is 0.261 e. The lowest BCUT2D eigenvalue weighted by molar-refractivity contribution is 0.542. The van der Waals surface area contributed by atoms with Crippen molar-refractivity contribution in [1.29, 1.82) is 5.41 Å². The van der Waals surface area contributed by atoms with E-state index >= 15 is 0 Å². The Bertz CT molecular complexity index is 503. The molecule has 88 valence electrons. The van der Waals surface area contributed by atoms with Crippen LogP contribution in [0.25, 0.3) is 0 Å². The van der Waals surface area contributed by atoms with Crippen LogP contribution in [0, 0.1) is 11.2 Å². The lowest BCUT2D eigenvalue weighted by Crippen LogP contribution is -2.42. The highest BCUT2D eigenvalue weighted by atomic mass is 32.2. The minimum Gasteiger partial charge on any atom is -0.386 e. The van der Waals surface area contributed by atoms with Crippen LogP contribution in [0.4, 0.5) is 4.39 Å². The van der Waals surface area contributed by atoms with Crippen LogP contribution in [-0.4, -0.2) is 25.3 Å². The van der Waals surface area contributed by atoms with Crippen molar-refractivity contribution in [2.75, 3.05) is 0 Å². The highest BCUT2D eigenvalue weighted by molar-refractivity contribution is 7.89. The second-order valence-electron chi connectivity index (χ2n) is 3.09. The summed E-state index contributed by atoms with van der Waals surface area (Å²) in [6.45, 7) is 1.38. The van der Waals surface area contributed by atoms with Crippen molar-refractivity contribution in [2.24, 2.45) is 5.73 Å². The zero-order valence-electron chi connectivity index (χ0n) is 8.44. The van der Waals surface area contributed by atoms with Gasteiger partial charge >= 0.3 is 0 Å². The van der Waals surface area contributed by atoms with Crippen LogP contribution >= 0.6 is 0 Å². The molecule has 0 saturated heterocycles. The smallest absolute Gasteiger partial charge is 0.261 e. The predicted molar refractivity (Wildman–Crippen MR) is 55.9 cm³/mol. The van der Waals surface area contributed by atoms with E-state index in [1.54, 1.807) is 0 Å². The molecule has 4 N–H and O–H groups in total. The SMILES string of the molecule is CC(NS(=O)(=O)c1ncccc1F)C(=N)N. The van der Waals surface area contributed by atoms with Crippen molar-refractivity contribution >= 4 is 15.9 Å². The average Bonchev–Trinajstić information content (AvgIpc) is 2.17. The van der Waals surface area contributed by atoms with Gasteiger partial charge in [0.15, 0.2) is 5.82 Å². The van der Waals surface area contributed by atoms with Gasteiger partial charge in [-0.15, -0.1) is 0 Å². The lowest BCUT2D eigenvalue weighted by Gasteiger charge is -2.12. The Morgan fingerprint density at radius 3 is 2.81 bits per heavy atom. The summed E-state index contributed by atoms with van der Waals surface area (Å²) < 4.78 is 38.4. The third kappa shape index (κ3) is 2.74. The van der Waals surface area contributed by atoms with Gasteiger partial charge in [0.25, 0.3) is 10.0 Å². The predicted octanol–water partition coefficient (Wildman–Crippen LogP) is -0.177. The molecule has 0 saturated carbocycles. The number of rotatable bonds is 4. The summed E-state index contributed by atoms with van der Waals surface area (Å²) in [5, 5.41) is 6.33. The number of hydrogen-bond acceptors (Lipinski definition) is 4. The molecule has 0 aliphatic heterocycles. The average molecular weight is 246 g/mol. The molecule has 0 bridgehead atoms. The molecule has 1 aromatic heterocycles. The van der Waals surface area contributed by atoms with Crippen LogP contribution in [0.1, 0.15) is 6.92 Å². The van der Waals surface area contributed by atoms with Gasteiger partial charge in [-0.2, -0.15) is 4.72 Å². The Kier molecular flexibility index (Phi) is 3.55. The molecule has 0 aromatic carbocycles. The van der Waals surface area contributed by atoms with Crippen molar-refractivity contribution in [3.05, 3.63) is 24.1 Å². The van der Waals surface area contributed by atoms with Crippen LogP contribution in [0.5, 0.6) is 0 Å². The summed E-state index contributed by atoms with van der Waals surface area (Å²) in [6, 6.07) is 1.36. The van der Waals surface area contributed by atoms with Gasteiger partial charge in [0.05, 0.1) is 6.04 Å². The van der Waals surface area contributed by atoms with E-state index in [-0.39, 0.29) is 5.84 Å². The monoisotopic (exact) mass is 246 g/mol. The minimum absolute atomic E-state index is 0.361. The quantitative estimate of drug-likeness (QED) is 0.506. The first-order valence-corrected chi connectivity index (χ1v) is 5.79. The lowest BCUT2D eigenvalue weighted by atomic mass is 10.3. The van der Waals surface area contributed by atoms with Gasteiger partial charge in [-0.1, -0.05) is 0 Å². The van der Waals surface area contributed by atoms with Crippen molar-refractivity contribution in [1.82, 2.24) is 9.71 Å². The van der Waals surface area contributed by atoms with Crippen LogP contribution in [0.15, 0.2) is 23.4 Å². The molecule has 1 atom stereocenters. The highest BCUT2D eigenvalue weighted by Crippen LogP contribution is 2.10. The summed E-state index contributed by atoms with van der Waals surface area (Å²) in [6.07, 6.45) is 1.16. The van der Waals surface area contributed by atoms with Gasteiger partial charge in [-0.3, -0.25) is 5.41 Å². The largest absolute Gasteiger partial charge is 0.386 e. The standard InChI is InChI=1S/C8H11FN4O2S/c1-5(7(10)11)13-16(14,15)8-6(9)3-2-4-12-8/h2-5,13H,1H3,(H3,10,11). The van der Waals surface area contributed by atoms with E-state index in [9.17, 15) is 12.8 Å². The Balaban J connectivity index is 3.04. The Labute approximate surface area is 92.2 Å². The maximum absolute atomic E-state index is 13.2. The molecule has 16 heavy (non-hydrogen) atoms. The number of aromatic nitrogens is 1. The molecule has 1 aromatic rings. The zero-order valence-corrected chi connectivity index (χ0v) is 9.25. The van der Waals surface area contributed by atoms with Crippen molar-refractivity contribution in [3.8, 4) is 0 Å². The number of sulfonamides is 1. The van der Waals surface area contributed by atoms with Crippen LogP contribution in [0.2, 0.25) is 0 Å². The molecule has 8 heteroatoms. The molecule has 0 aliphatic carbocycles. The van der Waals surface area contributed by atoms with Gasteiger partial charge in [0.2, 0.25) is 5.03 Å². The van der Waals surface area contributed by atoms with Crippen LogP contribution in [0.3, 0.4) is 0 Å². The number of nitrogens with zero attached hydrogens (tertiary/aromatic N) is 1. The zero-order chi connectivity index (χ0) is 12.3. The molecule has 1 unspecified atom stereocenters. The fourth-order valence-electron chi connectivity index (χ4n) is 0.921. The number of pyridine rings is 1. The molecular formula is C8H11FN4O2S. The topological polar surface area (TPSA) is 109 Å². The van der Waals surface area contributed by atoms with E-state index in [4.69, 9.17) is 11.1 Å². The van der Waals surface area contributed by atoms with E-state index in [1.165, 1.54) is 13.0 Å². The Morgan fingerprint density at radius 2 is 2.31 bits per heavy atom. The third-order valence-corrected chi connectivity index (χ3v) is 3.25. The molecule has 1 heterocycles. The number of nitrogens with two attached hydrogens (primary N) is 1. The van der Waals surface area contributed by atoms with E-state index in [1.807, 2.05) is 4.72 Å². The normalized spacial score (nSPS) is 13.4. The van der Waals surface area contributed by atoms with Crippen molar-refractivity contribution < 1.29 is 12.8 Å². The van der Waals surface area contributed by atoms with Gasteiger partial charge in [-0.05, 0) is 19.1 Å². The molecule has 0 radical (unpaired) electrons. The van der Waals surface area contributed by atoms with E-state index in [2.05, 4.69) is 4.98 Å². The third-order valence-electron chi connectivity index (χ3n) is 1.78. The van der Waals surface area contributed by atoms with E-state index < -0.39 is 26.9 Å². The van der Waals surface area contributed by atoms with E-state index in [0.29, 0.717) is 0 Å². The summed E-state index contributed by atoms with van der Waals surface area (Å²) in [7, 11) is -4.09. The van der Waals surface area contributed by atoms with E-state index in [0.717, 1.165) is 12.3 Å². The fraction of sp³-hybridized carbons (Fsp3) is 0.250. The van der Waals surface area contributed by atoms with Crippen LogP contribution < -0.4 is 10.5 Å². The molecule has 0 aliphatic rings. The molecule has 1 rings (SSSR count). The van der Waals surface area contributed by atoms with Crippen molar-refractivity contribution in [2.45, 2.75) is 18.0 Å². The van der Waals surface area contributed by atoms with Crippen molar-refractivity contribution in [3.63, 3.8) is 0 Å². The summed E-state index contributed by atoms with van der Waals surface area (Å²) in [4.78, 5) is 3.43. The maximum atomic E-state index is 13.2. The first kappa shape index (κ1) is 12.5. The molecule has 6 nitrogen and oxygen atoms in total. The second-order valence-corrected chi connectivity index (χ2v) is 4.72. The number of nitrogens with one attached hydrogen (secondary N) is 2. The number of halogens is 1. The molecule has 0 fully saturated rings. The first-order valence-electron chi connectivity index (χ1n) is 4.31. The summed E-state index contributed by atoms with van der Waals surface area (Å²) in [5.74, 6) is -1.31. The Morgan fingerprint density at radius 1 is 1.69 bits per heavy atom. The molecule has 0 spiro atoms. The van der Waals surface area contributed by atoms with Gasteiger partial charge in [0.1, 0.15) is 5.84 Å². The summed E-state index contributed by atoms with van der Waals surface area (Å²) >= 11 is 0. The molecular weight excluding hydrogens is 235 g/mol. The minimum atomic E-state index is -4.09.